The number of aromatic nitrogens is 2. The van der Waals surface area contributed by atoms with E-state index in [0.29, 0.717) is 11.3 Å². The van der Waals surface area contributed by atoms with E-state index >= 15 is 0 Å². The summed E-state index contributed by atoms with van der Waals surface area (Å²) in [7, 11) is 1.21. The molecule has 2 rings (SSSR count). The van der Waals surface area contributed by atoms with Gasteiger partial charge in [-0.2, -0.15) is 0 Å². The quantitative estimate of drug-likeness (QED) is 0.798. The molecule has 0 atom stereocenters. The highest BCUT2D eigenvalue weighted by Gasteiger charge is 2.16. The molecule has 7 heteroatoms. The fourth-order valence-electron chi connectivity index (χ4n) is 1.43. The number of esters is 1. The number of benzene rings is 1. The first-order chi connectivity index (χ1) is 9.02. The molecule has 0 aliphatic heterocycles. The van der Waals surface area contributed by atoms with Gasteiger partial charge in [0.25, 0.3) is 0 Å². The predicted molar refractivity (Wildman–Crippen MR) is 68.8 cm³/mol. The van der Waals surface area contributed by atoms with Gasteiger partial charge in [-0.1, -0.05) is 23.2 Å². The first kappa shape index (κ1) is 13.7. The van der Waals surface area contributed by atoms with Gasteiger partial charge >= 0.3 is 5.97 Å². The van der Waals surface area contributed by atoms with Crippen molar-refractivity contribution < 1.29 is 13.9 Å². The van der Waals surface area contributed by atoms with Gasteiger partial charge in [0, 0.05) is 5.56 Å². The van der Waals surface area contributed by atoms with Crippen molar-refractivity contribution in [3.8, 4) is 11.3 Å². The van der Waals surface area contributed by atoms with Crippen LogP contribution in [-0.4, -0.2) is 23.0 Å². The Morgan fingerprint density at radius 2 is 2.11 bits per heavy atom. The Morgan fingerprint density at radius 3 is 2.74 bits per heavy atom. The van der Waals surface area contributed by atoms with Crippen LogP contribution in [0.25, 0.3) is 11.3 Å². The summed E-state index contributed by atoms with van der Waals surface area (Å²) in [6.45, 7) is 0. The molecule has 0 bridgehead atoms. The Morgan fingerprint density at radius 1 is 1.37 bits per heavy atom. The Kier molecular flexibility index (Phi) is 3.97. The number of hydrogen-bond donors (Lipinski definition) is 0. The highest BCUT2D eigenvalue weighted by Crippen LogP contribution is 2.27. The van der Waals surface area contributed by atoms with E-state index in [1.807, 2.05) is 0 Å². The maximum atomic E-state index is 13.0. The van der Waals surface area contributed by atoms with Crippen molar-refractivity contribution in [2.24, 2.45) is 0 Å². The van der Waals surface area contributed by atoms with Crippen LogP contribution < -0.4 is 0 Å². The van der Waals surface area contributed by atoms with Crippen LogP contribution in [0.4, 0.5) is 4.39 Å². The molecule has 0 aliphatic carbocycles. The molecule has 1 aromatic carbocycles. The normalized spacial score (nSPS) is 10.3. The predicted octanol–water partition coefficient (Wildman–Crippen LogP) is 3.38. The van der Waals surface area contributed by atoms with Gasteiger partial charge in [-0.05, 0) is 18.2 Å². The maximum absolute atomic E-state index is 13.0. The molecule has 0 unspecified atom stereocenters. The fourth-order valence-corrected chi connectivity index (χ4v) is 1.86. The van der Waals surface area contributed by atoms with E-state index < -0.39 is 11.8 Å². The molecule has 0 N–H and O–H groups in total. The summed E-state index contributed by atoms with van der Waals surface area (Å²) in [4.78, 5) is 19.3. The third-order valence-electron chi connectivity index (χ3n) is 2.31. The van der Waals surface area contributed by atoms with E-state index in [1.54, 1.807) is 0 Å². The second-order valence-corrected chi connectivity index (χ2v) is 4.28. The van der Waals surface area contributed by atoms with Crippen LogP contribution in [0.5, 0.6) is 0 Å². The summed E-state index contributed by atoms with van der Waals surface area (Å²) in [5.41, 5.74) is 0.620. The third kappa shape index (κ3) is 2.83. The Labute approximate surface area is 118 Å². The Bertz CT molecular complexity index is 650. The van der Waals surface area contributed by atoms with Gasteiger partial charge in [-0.15, -0.1) is 0 Å². The molecule has 2 aromatic rings. The minimum Gasteiger partial charge on any atom is -0.464 e. The first-order valence-electron chi connectivity index (χ1n) is 5.09. The van der Waals surface area contributed by atoms with Crippen molar-refractivity contribution in [1.29, 1.82) is 0 Å². The van der Waals surface area contributed by atoms with Crippen molar-refractivity contribution in [3.63, 3.8) is 0 Å². The van der Waals surface area contributed by atoms with Crippen molar-refractivity contribution in [2.45, 2.75) is 0 Å². The van der Waals surface area contributed by atoms with Crippen LogP contribution in [-0.2, 0) is 4.74 Å². The second kappa shape index (κ2) is 5.50. The Balaban J connectivity index is 2.54. The lowest BCUT2D eigenvalue weighted by Crippen LogP contribution is -2.07. The number of carbonyl (C=O) groups excluding carboxylic acids is 1. The van der Waals surface area contributed by atoms with Crippen LogP contribution >= 0.6 is 23.2 Å². The van der Waals surface area contributed by atoms with E-state index in [-0.39, 0.29) is 15.9 Å². The van der Waals surface area contributed by atoms with Crippen LogP contribution in [0, 0.1) is 5.82 Å². The molecule has 0 radical (unpaired) electrons. The summed E-state index contributed by atoms with van der Waals surface area (Å²) in [5.74, 6) is -1.18. The molecule has 98 valence electrons. The molecule has 0 aliphatic rings. The van der Waals surface area contributed by atoms with Gasteiger partial charge in [0.1, 0.15) is 5.82 Å². The molecule has 19 heavy (non-hydrogen) atoms. The first-order valence-corrected chi connectivity index (χ1v) is 5.85. The lowest BCUT2D eigenvalue weighted by atomic mass is 10.1. The van der Waals surface area contributed by atoms with Gasteiger partial charge in [0.15, 0.2) is 10.8 Å². The van der Waals surface area contributed by atoms with E-state index in [9.17, 15) is 9.18 Å². The molecule has 0 saturated heterocycles. The number of ether oxygens (including phenoxy) is 1. The topological polar surface area (TPSA) is 52.1 Å². The van der Waals surface area contributed by atoms with Crippen molar-refractivity contribution in [2.75, 3.05) is 7.11 Å². The molecule has 0 spiro atoms. The number of hydrogen-bond acceptors (Lipinski definition) is 4. The van der Waals surface area contributed by atoms with Crippen molar-refractivity contribution in [1.82, 2.24) is 9.97 Å². The van der Waals surface area contributed by atoms with Crippen molar-refractivity contribution >= 4 is 29.2 Å². The molecule has 0 amide bonds. The summed E-state index contributed by atoms with van der Waals surface area (Å²) < 4.78 is 17.5. The van der Waals surface area contributed by atoms with Crippen LogP contribution in [0.1, 0.15) is 10.5 Å². The summed E-state index contributed by atoms with van der Waals surface area (Å²) in [6.07, 6.45) is 1.34. The lowest BCUT2D eigenvalue weighted by Gasteiger charge is -2.06. The number of rotatable bonds is 2. The molecule has 1 heterocycles. The SMILES string of the molecule is COC(=O)c1nc(-c2ccc(F)cc2Cl)cnc1Cl. The highest BCUT2D eigenvalue weighted by molar-refractivity contribution is 6.33. The minimum absolute atomic E-state index is 0.0752. The monoisotopic (exact) mass is 300 g/mol. The zero-order valence-corrected chi connectivity index (χ0v) is 11.2. The van der Waals surface area contributed by atoms with Crippen LogP contribution in [0.2, 0.25) is 10.2 Å². The van der Waals surface area contributed by atoms with Gasteiger partial charge in [0.05, 0.1) is 24.0 Å². The van der Waals surface area contributed by atoms with Gasteiger partial charge in [0.2, 0.25) is 0 Å². The molecule has 1 aromatic heterocycles. The fraction of sp³-hybridized carbons (Fsp3) is 0.0833. The maximum Gasteiger partial charge on any atom is 0.359 e. The van der Waals surface area contributed by atoms with E-state index in [4.69, 9.17) is 23.2 Å². The smallest absolute Gasteiger partial charge is 0.359 e. The lowest BCUT2D eigenvalue weighted by molar-refractivity contribution is 0.0594. The standard InChI is InChI=1S/C12H7Cl2FN2O2/c1-19-12(18)10-11(14)16-5-9(17-10)7-3-2-6(15)4-8(7)13/h2-5H,1H3. The number of nitrogens with zero attached hydrogens (tertiary/aromatic N) is 2. The number of methoxy groups -OCH3 is 1. The highest BCUT2D eigenvalue weighted by atomic mass is 35.5. The van der Waals surface area contributed by atoms with E-state index in [1.165, 1.54) is 25.4 Å². The van der Waals surface area contributed by atoms with Gasteiger partial charge in [-0.25, -0.2) is 19.2 Å². The minimum atomic E-state index is -0.711. The molecule has 0 fully saturated rings. The zero-order valence-electron chi connectivity index (χ0n) is 9.65. The largest absolute Gasteiger partial charge is 0.464 e. The average Bonchev–Trinajstić information content (AvgIpc) is 2.39. The van der Waals surface area contributed by atoms with E-state index in [2.05, 4.69) is 14.7 Å². The summed E-state index contributed by atoms with van der Waals surface area (Å²) >= 11 is 11.7. The molecular weight excluding hydrogens is 294 g/mol. The van der Waals surface area contributed by atoms with Crippen molar-refractivity contribution in [3.05, 3.63) is 46.1 Å². The second-order valence-electron chi connectivity index (χ2n) is 3.51. The molecule has 0 saturated carbocycles. The van der Waals surface area contributed by atoms with Crippen LogP contribution in [0.15, 0.2) is 24.4 Å². The molecular formula is C12H7Cl2FN2O2. The van der Waals surface area contributed by atoms with Crippen LogP contribution in [0.3, 0.4) is 0 Å². The Hall–Kier alpha value is -1.72. The van der Waals surface area contributed by atoms with E-state index in [0.717, 1.165) is 6.07 Å². The third-order valence-corrected chi connectivity index (χ3v) is 2.90. The molecule has 4 nitrogen and oxygen atoms in total. The van der Waals surface area contributed by atoms with Gasteiger partial charge < -0.3 is 4.74 Å². The number of halogens is 3. The van der Waals surface area contributed by atoms with Gasteiger partial charge in [-0.3, -0.25) is 0 Å². The zero-order chi connectivity index (χ0) is 14.0. The average molecular weight is 301 g/mol. The summed E-state index contributed by atoms with van der Waals surface area (Å²) in [5, 5.41) is 0.0845. The number of carbonyl (C=O) groups is 1. The summed E-state index contributed by atoms with van der Waals surface area (Å²) in [6, 6.07) is 3.82.